The first-order chi connectivity index (χ1) is 21.7. The van der Waals surface area contributed by atoms with Gasteiger partial charge in [0, 0.05) is 35.6 Å². The third kappa shape index (κ3) is 8.21. The highest BCUT2D eigenvalue weighted by molar-refractivity contribution is 5.99. The van der Waals surface area contributed by atoms with Gasteiger partial charge in [0.15, 0.2) is 11.6 Å². The Morgan fingerprint density at radius 2 is 1.76 bits per heavy atom. The minimum Gasteiger partial charge on any atom is -0.435 e. The molecule has 0 saturated carbocycles. The molecule has 2 atom stereocenters. The number of benzene rings is 2. The van der Waals surface area contributed by atoms with E-state index in [1.54, 1.807) is 12.1 Å². The number of allylic oxidation sites excluding steroid dienone is 2. The normalized spacial score (nSPS) is 17.8. The largest absolute Gasteiger partial charge is 0.435 e. The van der Waals surface area contributed by atoms with Crippen LogP contribution in [0.4, 0.5) is 14.5 Å². The Hall–Kier alpha value is -4.39. The molecule has 3 aromatic carbocycles. The average molecular weight is 611 g/mol. The number of hydrogen-bond acceptors (Lipinski definition) is 4. The van der Waals surface area contributed by atoms with E-state index in [-0.39, 0.29) is 23.2 Å². The number of alkyl halides is 2. The number of halogens is 2. The number of ketones is 2. The molecule has 1 aliphatic carbocycles. The second kappa shape index (κ2) is 14.6. The molecule has 0 bridgehead atoms. The summed E-state index contributed by atoms with van der Waals surface area (Å²) in [5, 5.41) is 1.65. The molecule has 45 heavy (non-hydrogen) atoms. The summed E-state index contributed by atoms with van der Waals surface area (Å²) in [6.07, 6.45) is 9.91. The number of ether oxygens (including phenoxy) is 1. The maximum atomic E-state index is 13.3. The Kier molecular flexibility index (Phi) is 10.4. The van der Waals surface area contributed by atoms with Gasteiger partial charge in [0.2, 0.25) is 0 Å². The number of hydrogen-bond donors (Lipinski definition) is 1. The summed E-state index contributed by atoms with van der Waals surface area (Å²) in [6.45, 7) is 3.28. The Morgan fingerprint density at radius 1 is 1.00 bits per heavy atom. The highest BCUT2D eigenvalue weighted by Crippen LogP contribution is 2.30. The van der Waals surface area contributed by atoms with Gasteiger partial charge < -0.3 is 9.72 Å². The van der Waals surface area contributed by atoms with Crippen LogP contribution >= 0.6 is 0 Å². The number of fused-ring (bicyclic) bond motifs is 1. The number of nitrogens with one attached hydrogen (secondary N) is 1. The molecule has 1 aliphatic rings. The van der Waals surface area contributed by atoms with Crippen LogP contribution in [0, 0.1) is 18.8 Å². The first kappa shape index (κ1) is 32.0. The van der Waals surface area contributed by atoms with Crippen molar-refractivity contribution >= 4 is 28.2 Å². The molecule has 0 saturated heterocycles. The van der Waals surface area contributed by atoms with E-state index < -0.39 is 6.61 Å². The van der Waals surface area contributed by atoms with Crippen LogP contribution in [0.2, 0.25) is 0 Å². The Labute approximate surface area is 263 Å². The lowest BCUT2D eigenvalue weighted by Gasteiger charge is -2.17. The Balaban J connectivity index is 1.31. The van der Waals surface area contributed by atoms with Crippen LogP contribution in [0.25, 0.3) is 22.0 Å². The first-order valence-corrected chi connectivity index (χ1v) is 15.7. The summed E-state index contributed by atoms with van der Waals surface area (Å²) in [7, 11) is 0. The highest BCUT2D eigenvalue weighted by Gasteiger charge is 2.20. The van der Waals surface area contributed by atoms with Crippen LogP contribution in [-0.2, 0) is 4.79 Å². The number of H-pyrrole nitrogens is 1. The number of rotatable bonds is 10. The number of Topliss-reactive ketones (excluding diaryl/α,β-unsaturated/α-hetero) is 2. The fraction of sp³-hybridized carbons (Fsp3) is 0.342. The van der Waals surface area contributed by atoms with E-state index in [1.165, 1.54) is 18.6 Å². The van der Waals surface area contributed by atoms with Gasteiger partial charge in [-0.2, -0.15) is 8.78 Å². The maximum Gasteiger partial charge on any atom is 0.387 e. The molecule has 0 spiro atoms. The molecular weight excluding hydrogens is 570 g/mol. The number of carbonyl (C=O) groups is 2. The smallest absolute Gasteiger partial charge is 0.387 e. The van der Waals surface area contributed by atoms with Gasteiger partial charge in [0.1, 0.15) is 5.75 Å². The molecule has 2 unspecified atom stereocenters. The molecule has 1 heterocycles. The van der Waals surface area contributed by atoms with Crippen molar-refractivity contribution in [3.63, 3.8) is 0 Å². The summed E-state index contributed by atoms with van der Waals surface area (Å²) >= 11 is 0. The van der Waals surface area contributed by atoms with Crippen molar-refractivity contribution in [2.24, 2.45) is 16.8 Å². The van der Waals surface area contributed by atoms with Gasteiger partial charge in [-0.3, -0.25) is 9.59 Å². The van der Waals surface area contributed by atoms with Crippen LogP contribution in [0.5, 0.6) is 5.75 Å². The molecule has 0 fully saturated rings. The fourth-order valence-corrected chi connectivity index (χ4v) is 6.11. The fourth-order valence-electron chi connectivity index (χ4n) is 6.11. The Morgan fingerprint density at radius 3 is 2.51 bits per heavy atom. The number of aromatic amines is 1. The summed E-state index contributed by atoms with van der Waals surface area (Å²) in [4.78, 5) is 34.5. The zero-order chi connectivity index (χ0) is 31.9. The van der Waals surface area contributed by atoms with Crippen molar-refractivity contribution in [2.75, 3.05) is 0 Å². The first-order valence-electron chi connectivity index (χ1n) is 15.7. The second-order valence-electron chi connectivity index (χ2n) is 12.3. The standard InChI is InChI=1S/C38H40F2N2O3/c1-24-8-4-5-9-28(13-12-24)35(43)20-25(2)21-36(44)31-19-16-29(22-26(31)3)42-34-11-7-6-10-32-33(23-41-37(32)34)27-14-17-30(18-15-27)45-38(39)40/h6-7,9-11,14-19,22-25,38,41H,4-5,8,12-13,20-21H2,1-3H3/b28-9+,42-34?. The number of aryl methyl sites for hydroxylation is 1. The maximum absolute atomic E-state index is 13.3. The lowest BCUT2D eigenvalue weighted by molar-refractivity contribution is -0.116. The molecular formula is C38H40F2N2O3. The molecule has 0 radical (unpaired) electrons. The average Bonchev–Trinajstić information content (AvgIpc) is 3.30. The third-order valence-electron chi connectivity index (χ3n) is 8.58. The van der Waals surface area contributed by atoms with E-state index in [0.29, 0.717) is 24.3 Å². The molecule has 7 heteroatoms. The molecule has 4 aromatic rings. The van der Waals surface area contributed by atoms with Gasteiger partial charge in [0.05, 0.1) is 16.6 Å². The van der Waals surface area contributed by atoms with E-state index in [1.807, 2.05) is 62.5 Å². The van der Waals surface area contributed by atoms with Crippen LogP contribution in [0.1, 0.15) is 74.7 Å². The van der Waals surface area contributed by atoms with E-state index >= 15 is 0 Å². The van der Waals surface area contributed by atoms with Crippen molar-refractivity contribution in [1.82, 2.24) is 4.98 Å². The quantitative estimate of drug-likeness (QED) is 0.182. The predicted molar refractivity (Wildman–Crippen MR) is 175 cm³/mol. The SMILES string of the molecule is Cc1cc(N=c2ccccc3c(-c4ccc(OC(F)F)cc4)c[nH]c23)ccc1C(=O)CC(C)CC(=O)/C1=C/CCCC(C)CC1. The summed E-state index contributed by atoms with van der Waals surface area (Å²) in [5.41, 5.74) is 5.74. The summed E-state index contributed by atoms with van der Waals surface area (Å²) in [5.74, 6) is 0.935. The lowest BCUT2D eigenvalue weighted by atomic mass is 9.87. The topological polar surface area (TPSA) is 71.5 Å². The van der Waals surface area contributed by atoms with Gasteiger partial charge >= 0.3 is 6.61 Å². The summed E-state index contributed by atoms with van der Waals surface area (Å²) < 4.78 is 29.6. The minimum atomic E-state index is -2.87. The molecule has 1 aromatic heterocycles. The van der Waals surface area contributed by atoms with Crippen LogP contribution in [0.15, 0.2) is 89.6 Å². The van der Waals surface area contributed by atoms with Gasteiger partial charge in [-0.05, 0) is 97.5 Å². The number of carbonyl (C=O) groups excluding carboxylic acids is 2. The molecule has 234 valence electrons. The van der Waals surface area contributed by atoms with Gasteiger partial charge in [-0.1, -0.05) is 56.7 Å². The monoisotopic (exact) mass is 610 g/mol. The van der Waals surface area contributed by atoms with Gasteiger partial charge in [-0.15, -0.1) is 0 Å². The third-order valence-corrected chi connectivity index (χ3v) is 8.58. The second-order valence-corrected chi connectivity index (χ2v) is 12.3. The predicted octanol–water partition coefficient (Wildman–Crippen LogP) is 9.67. The van der Waals surface area contributed by atoms with Crippen LogP contribution in [0.3, 0.4) is 0 Å². The molecule has 5 nitrogen and oxygen atoms in total. The highest BCUT2D eigenvalue weighted by atomic mass is 19.3. The van der Waals surface area contributed by atoms with E-state index in [4.69, 9.17) is 4.99 Å². The van der Waals surface area contributed by atoms with E-state index in [0.717, 1.165) is 69.9 Å². The number of nitrogens with zero attached hydrogens (tertiary/aromatic N) is 1. The zero-order valence-electron chi connectivity index (χ0n) is 26.1. The van der Waals surface area contributed by atoms with Crippen molar-refractivity contribution in [2.45, 2.75) is 72.3 Å². The zero-order valence-corrected chi connectivity index (χ0v) is 26.1. The molecule has 0 amide bonds. The lowest BCUT2D eigenvalue weighted by Crippen LogP contribution is -2.14. The van der Waals surface area contributed by atoms with E-state index in [9.17, 15) is 18.4 Å². The van der Waals surface area contributed by atoms with Crippen LogP contribution < -0.4 is 10.1 Å². The molecule has 5 rings (SSSR count). The van der Waals surface area contributed by atoms with Crippen molar-refractivity contribution in [1.29, 1.82) is 0 Å². The summed E-state index contributed by atoms with van der Waals surface area (Å²) in [6, 6.07) is 19.9. The van der Waals surface area contributed by atoms with Crippen molar-refractivity contribution < 1.29 is 23.1 Å². The van der Waals surface area contributed by atoms with Crippen LogP contribution in [-0.4, -0.2) is 23.2 Å². The Bertz CT molecular complexity index is 1770. The van der Waals surface area contributed by atoms with Crippen molar-refractivity contribution in [3.05, 3.63) is 101 Å². The number of aromatic nitrogens is 1. The van der Waals surface area contributed by atoms with Gasteiger partial charge in [0.25, 0.3) is 0 Å². The molecule has 1 N–H and O–H groups in total. The molecule has 0 aliphatic heterocycles. The van der Waals surface area contributed by atoms with Gasteiger partial charge in [-0.25, -0.2) is 4.99 Å². The van der Waals surface area contributed by atoms with E-state index in [2.05, 4.69) is 22.7 Å². The minimum absolute atomic E-state index is 0.0343. The van der Waals surface area contributed by atoms with Crippen molar-refractivity contribution in [3.8, 4) is 16.9 Å².